The van der Waals surface area contributed by atoms with Crippen LogP contribution in [-0.2, 0) is 30.8 Å². The van der Waals surface area contributed by atoms with Gasteiger partial charge in [-0.25, -0.2) is 4.68 Å². The van der Waals surface area contributed by atoms with Gasteiger partial charge in [0.05, 0.1) is 5.56 Å². The Morgan fingerprint density at radius 3 is 2.55 bits per heavy atom. The van der Waals surface area contributed by atoms with Gasteiger partial charge in [-0.1, -0.05) is 31.5 Å². The molecule has 0 aliphatic carbocycles. The van der Waals surface area contributed by atoms with Gasteiger partial charge in [-0.15, -0.1) is 5.10 Å². The van der Waals surface area contributed by atoms with Crippen LogP contribution in [0.15, 0.2) is 36.4 Å². The third-order valence-corrected chi connectivity index (χ3v) is 5.31. The fraction of sp³-hybridized carbons (Fsp3) is 0.375. The van der Waals surface area contributed by atoms with Crippen molar-refractivity contribution < 1.29 is 24.5 Å². The lowest BCUT2D eigenvalue weighted by molar-refractivity contribution is -0.137. The number of tetrazole rings is 1. The molecule has 3 aromatic rings. The van der Waals surface area contributed by atoms with E-state index in [1.165, 1.54) is 6.92 Å². The standard InChI is InChI=1S/C24H28N4O5/c1-3-5-21-18(9-12-20(16(2)29)24(21)32)15-33-19-10-7-17(8-11-19)14-22-25-26-27-28(22)13-4-6-23(30)31/h7-12,32H,3-6,13-15H2,1-2H3,(H,30,31). The van der Waals surface area contributed by atoms with E-state index < -0.39 is 5.97 Å². The lowest BCUT2D eigenvalue weighted by Crippen LogP contribution is -2.08. The number of hydrogen-bond donors (Lipinski definition) is 2. The first-order chi connectivity index (χ1) is 15.9. The largest absolute Gasteiger partial charge is 0.507 e. The summed E-state index contributed by atoms with van der Waals surface area (Å²) in [6, 6.07) is 11.0. The van der Waals surface area contributed by atoms with Crippen LogP contribution in [0.25, 0.3) is 0 Å². The molecule has 2 N–H and O–H groups in total. The maximum Gasteiger partial charge on any atom is 0.303 e. The molecule has 0 saturated carbocycles. The summed E-state index contributed by atoms with van der Waals surface area (Å²) in [6.07, 6.45) is 2.54. The first kappa shape index (κ1) is 23.9. The van der Waals surface area contributed by atoms with Crippen molar-refractivity contribution in [3.8, 4) is 11.5 Å². The summed E-state index contributed by atoms with van der Waals surface area (Å²) in [7, 11) is 0. The summed E-state index contributed by atoms with van der Waals surface area (Å²) in [5, 5.41) is 31.0. The van der Waals surface area contributed by atoms with E-state index in [4.69, 9.17) is 9.84 Å². The van der Waals surface area contributed by atoms with E-state index in [1.54, 1.807) is 10.7 Å². The lowest BCUT2D eigenvalue weighted by Gasteiger charge is -2.14. The number of ether oxygens (including phenoxy) is 1. The number of carbonyl (C=O) groups is 2. The normalized spacial score (nSPS) is 10.8. The Morgan fingerprint density at radius 1 is 1.12 bits per heavy atom. The summed E-state index contributed by atoms with van der Waals surface area (Å²) in [4.78, 5) is 22.4. The predicted molar refractivity (Wildman–Crippen MR) is 120 cm³/mol. The van der Waals surface area contributed by atoms with Gasteiger partial charge in [0.15, 0.2) is 11.6 Å². The maximum atomic E-state index is 11.7. The molecule has 0 amide bonds. The highest BCUT2D eigenvalue weighted by atomic mass is 16.5. The Kier molecular flexibility index (Phi) is 8.12. The third kappa shape index (κ3) is 6.38. The molecular weight excluding hydrogens is 424 g/mol. The van der Waals surface area contributed by atoms with Gasteiger partial charge in [0, 0.05) is 24.9 Å². The number of carbonyl (C=O) groups excluding carboxylic acids is 1. The number of rotatable bonds is 12. The van der Waals surface area contributed by atoms with Gasteiger partial charge in [-0.3, -0.25) is 9.59 Å². The maximum absolute atomic E-state index is 11.7. The highest BCUT2D eigenvalue weighted by Gasteiger charge is 2.15. The highest BCUT2D eigenvalue weighted by Crippen LogP contribution is 2.29. The van der Waals surface area contributed by atoms with Crippen LogP contribution in [0.5, 0.6) is 11.5 Å². The van der Waals surface area contributed by atoms with Gasteiger partial charge in [0.2, 0.25) is 0 Å². The zero-order valence-corrected chi connectivity index (χ0v) is 18.8. The Balaban J connectivity index is 1.63. The minimum absolute atomic E-state index is 0.0434. The van der Waals surface area contributed by atoms with Gasteiger partial charge < -0.3 is 14.9 Å². The average molecular weight is 453 g/mol. The molecule has 0 radical (unpaired) electrons. The van der Waals surface area contributed by atoms with E-state index in [9.17, 15) is 14.7 Å². The average Bonchev–Trinajstić information content (AvgIpc) is 3.21. The van der Waals surface area contributed by atoms with Crippen LogP contribution in [0.2, 0.25) is 0 Å². The number of aryl methyl sites for hydroxylation is 1. The van der Waals surface area contributed by atoms with Crippen LogP contribution >= 0.6 is 0 Å². The number of carboxylic acid groups (broad SMARTS) is 1. The number of phenolic OH excluding ortho intramolecular Hbond substituents is 1. The van der Waals surface area contributed by atoms with Crippen molar-refractivity contribution in [1.82, 2.24) is 20.2 Å². The van der Waals surface area contributed by atoms with Gasteiger partial charge >= 0.3 is 5.97 Å². The third-order valence-electron chi connectivity index (χ3n) is 5.31. The number of hydrogen-bond acceptors (Lipinski definition) is 7. The van der Waals surface area contributed by atoms with Crippen LogP contribution in [0.4, 0.5) is 0 Å². The summed E-state index contributed by atoms with van der Waals surface area (Å²) >= 11 is 0. The summed E-state index contributed by atoms with van der Waals surface area (Å²) < 4.78 is 7.55. The van der Waals surface area contributed by atoms with Gasteiger partial charge in [0.1, 0.15) is 18.1 Å². The van der Waals surface area contributed by atoms with Gasteiger partial charge in [0.25, 0.3) is 0 Å². The topological polar surface area (TPSA) is 127 Å². The SMILES string of the molecule is CCCc1c(COc2ccc(Cc3nnnn3CCCC(=O)O)cc2)ccc(C(C)=O)c1O. The van der Waals surface area contributed by atoms with Gasteiger partial charge in [-0.05, 0) is 59.5 Å². The van der Waals surface area contributed by atoms with Gasteiger partial charge in [-0.2, -0.15) is 0 Å². The number of benzene rings is 2. The molecule has 1 heterocycles. The molecule has 0 spiro atoms. The number of carboxylic acids is 1. The van der Waals surface area contributed by atoms with Crippen molar-refractivity contribution in [2.24, 2.45) is 0 Å². The van der Waals surface area contributed by atoms with E-state index >= 15 is 0 Å². The molecule has 9 heteroatoms. The smallest absolute Gasteiger partial charge is 0.303 e. The Morgan fingerprint density at radius 2 is 1.88 bits per heavy atom. The second-order valence-electron chi connectivity index (χ2n) is 7.83. The van der Waals surface area contributed by atoms with Crippen molar-refractivity contribution in [2.45, 2.75) is 59.1 Å². The zero-order chi connectivity index (χ0) is 23.8. The van der Waals surface area contributed by atoms with Crippen molar-refractivity contribution in [1.29, 1.82) is 0 Å². The molecule has 174 valence electrons. The molecule has 9 nitrogen and oxygen atoms in total. The van der Waals surface area contributed by atoms with Crippen molar-refractivity contribution in [2.75, 3.05) is 0 Å². The molecule has 2 aromatic carbocycles. The molecule has 3 rings (SSSR count). The van der Waals surface area contributed by atoms with Crippen LogP contribution in [0.3, 0.4) is 0 Å². The number of aromatic hydroxyl groups is 1. The molecular formula is C24H28N4O5. The Hall–Kier alpha value is -3.75. The summed E-state index contributed by atoms with van der Waals surface area (Å²) in [5.41, 5.74) is 2.92. The van der Waals surface area contributed by atoms with Crippen LogP contribution in [0, 0.1) is 0 Å². The van der Waals surface area contributed by atoms with E-state index in [0.29, 0.717) is 42.9 Å². The fourth-order valence-electron chi connectivity index (χ4n) is 3.58. The molecule has 0 unspecified atom stereocenters. The Bertz CT molecular complexity index is 1110. The first-order valence-electron chi connectivity index (χ1n) is 10.9. The summed E-state index contributed by atoms with van der Waals surface area (Å²) in [5.74, 6) is 0.381. The number of ketones is 1. The molecule has 0 atom stereocenters. The van der Waals surface area contributed by atoms with E-state index in [1.807, 2.05) is 37.3 Å². The van der Waals surface area contributed by atoms with Crippen LogP contribution in [-0.4, -0.2) is 42.2 Å². The summed E-state index contributed by atoms with van der Waals surface area (Å²) in [6.45, 7) is 4.19. The molecule has 0 saturated heterocycles. The lowest BCUT2D eigenvalue weighted by atomic mass is 9.97. The van der Waals surface area contributed by atoms with Crippen molar-refractivity contribution >= 4 is 11.8 Å². The van der Waals surface area contributed by atoms with Crippen molar-refractivity contribution in [3.05, 3.63) is 64.5 Å². The molecule has 0 aliphatic rings. The first-order valence-corrected chi connectivity index (χ1v) is 10.9. The number of phenols is 1. The Labute approximate surface area is 192 Å². The molecule has 1 aromatic heterocycles. The monoisotopic (exact) mass is 452 g/mol. The van der Waals surface area contributed by atoms with E-state index in [-0.39, 0.29) is 24.6 Å². The second kappa shape index (κ2) is 11.2. The van der Waals surface area contributed by atoms with E-state index in [0.717, 1.165) is 23.1 Å². The predicted octanol–water partition coefficient (Wildman–Crippen LogP) is 3.57. The molecule has 0 fully saturated rings. The van der Waals surface area contributed by atoms with Crippen LogP contribution in [0.1, 0.15) is 66.0 Å². The zero-order valence-electron chi connectivity index (χ0n) is 18.8. The van der Waals surface area contributed by atoms with Crippen LogP contribution < -0.4 is 4.74 Å². The molecule has 0 bridgehead atoms. The minimum atomic E-state index is -0.841. The second-order valence-corrected chi connectivity index (χ2v) is 7.83. The number of Topliss-reactive ketones (excluding diaryl/α,β-unsaturated/α-hetero) is 1. The fourth-order valence-corrected chi connectivity index (χ4v) is 3.58. The van der Waals surface area contributed by atoms with E-state index in [2.05, 4.69) is 15.5 Å². The number of aliphatic carboxylic acids is 1. The highest BCUT2D eigenvalue weighted by molar-refractivity contribution is 5.97. The molecule has 33 heavy (non-hydrogen) atoms. The number of aromatic nitrogens is 4. The minimum Gasteiger partial charge on any atom is -0.507 e. The quantitative estimate of drug-likeness (QED) is 0.399. The number of nitrogens with zero attached hydrogens (tertiary/aromatic N) is 4. The van der Waals surface area contributed by atoms with Crippen molar-refractivity contribution in [3.63, 3.8) is 0 Å². The molecule has 0 aliphatic heterocycles.